The summed E-state index contributed by atoms with van der Waals surface area (Å²) >= 11 is 0. The fraction of sp³-hybridized carbons (Fsp3) is 0.609. The number of carbonyl (C=O) groups excluding carboxylic acids is 2. The normalized spacial score (nSPS) is 13.5. The summed E-state index contributed by atoms with van der Waals surface area (Å²) in [6, 6.07) is 8.22. The van der Waals surface area contributed by atoms with Crippen molar-refractivity contribution in [3.63, 3.8) is 0 Å². The molecule has 1 aromatic rings. The van der Waals surface area contributed by atoms with Gasteiger partial charge in [-0.2, -0.15) is 0 Å². The van der Waals surface area contributed by atoms with Crippen LogP contribution in [-0.4, -0.2) is 54.6 Å². The Morgan fingerprint density at radius 3 is 2.29 bits per heavy atom. The highest BCUT2D eigenvalue weighted by atomic mass is 16.6. The van der Waals surface area contributed by atoms with Gasteiger partial charge in [0.05, 0.1) is 0 Å². The van der Waals surface area contributed by atoms with Gasteiger partial charge in [0.25, 0.3) is 0 Å². The number of aliphatic imine (C=N–C) groups is 1. The molecule has 2 rings (SSSR count). The second-order valence-electron chi connectivity index (χ2n) is 8.59. The first kappa shape index (κ1) is 24.5. The van der Waals surface area contributed by atoms with E-state index in [1.54, 1.807) is 0 Å². The molecule has 1 aromatic carbocycles. The maximum Gasteiger partial charge on any atom is 0.407 e. The highest BCUT2D eigenvalue weighted by Crippen LogP contribution is 2.22. The minimum atomic E-state index is -0.496. The summed E-state index contributed by atoms with van der Waals surface area (Å²) < 4.78 is 5.20. The van der Waals surface area contributed by atoms with Crippen LogP contribution in [0.3, 0.4) is 0 Å². The summed E-state index contributed by atoms with van der Waals surface area (Å²) in [4.78, 5) is 30.5. The van der Waals surface area contributed by atoms with E-state index in [9.17, 15) is 9.59 Å². The molecule has 0 bridgehead atoms. The van der Waals surface area contributed by atoms with E-state index >= 15 is 0 Å². The summed E-state index contributed by atoms with van der Waals surface area (Å²) in [5.74, 6) is 0.911. The Morgan fingerprint density at radius 2 is 1.68 bits per heavy atom. The molecule has 8 heteroatoms. The molecule has 31 heavy (non-hydrogen) atoms. The number of alkyl carbamates (subject to hydrolysis) is 1. The third kappa shape index (κ3) is 9.27. The van der Waals surface area contributed by atoms with Gasteiger partial charge in [-0.15, -0.1) is 0 Å². The molecule has 0 saturated carbocycles. The van der Waals surface area contributed by atoms with Gasteiger partial charge in [0, 0.05) is 45.7 Å². The van der Waals surface area contributed by atoms with Gasteiger partial charge in [0.1, 0.15) is 5.60 Å². The summed E-state index contributed by atoms with van der Waals surface area (Å²) in [5.41, 5.74) is 2.00. The molecule has 0 atom stereocenters. The lowest BCUT2D eigenvalue weighted by molar-refractivity contribution is -0.131. The van der Waals surface area contributed by atoms with Crippen molar-refractivity contribution in [1.82, 2.24) is 20.9 Å². The Bertz CT molecular complexity index is 733. The third-order valence-corrected chi connectivity index (χ3v) is 4.67. The van der Waals surface area contributed by atoms with Crippen LogP contribution < -0.4 is 16.0 Å². The topological polar surface area (TPSA) is 95.1 Å². The monoisotopic (exact) mass is 431 g/mol. The van der Waals surface area contributed by atoms with Gasteiger partial charge in [0.2, 0.25) is 5.91 Å². The maximum atomic E-state index is 12.5. The van der Waals surface area contributed by atoms with Crippen molar-refractivity contribution in [2.24, 2.45) is 4.99 Å². The van der Waals surface area contributed by atoms with Gasteiger partial charge in [0.15, 0.2) is 5.96 Å². The molecule has 3 N–H and O–H groups in total. The van der Waals surface area contributed by atoms with E-state index in [4.69, 9.17) is 4.74 Å². The Labute approximate surface area is 185 Å². The van der Waals surface area contributed by atoms with Crippen molar-refractivity contribution in [2.45, 2.75) is 65.6 Å². The second kappa shape index (κ2) is 12.2. The number of hydrogen-bond donors (Lipinski definition) is 3. The predicted molar refractivity (Wildman–Crippen MR) is 123 cm³/mol. The van der Waals surface area contributed by atoms with Crippen molar-refractivity contribution in [2.75, 3.05) is 26.2 Å². The molecule has 0 spiro atoms. The fourth-order valence-corrected chi connectivity index (χ4v) is 3.23. The Hall–Kier alpha value is -2.77. The molecule has 0 saturated heterocycles. The van der Waals surface area contributed by atoms with Crippen LogP contribution in [-0.2, 0) is 22.6 Å². The van der Waals surface area contributed by atoms with Crippen molar-refractivity contribution >= 4 is 18.0 Å². The number of rotatable bonds is 9. The molecule has 2 amide bonds. The fourth-order valence-electron chi connectivity index (χ4n) is 3.23. The number of amides is 2. The first-order valence-corrected chi connectivity index (χ1v) is 11.1. The second-order valence-corrected chi connectivity index (χ2v) is 8.59. The number of carbonyl (C=O) groups is 2. The van der Waals surface area contributed by atoms with Gasteiger partial charge in [-0.3, -0.25) is 9.79 Å². The molecule has 172 valence electrons. The lowest BCUT2D eigenvalue weighted by Gasteiger charge is -2.19. The summed E-state index contributed by atoms with van der Waals surface area (Å²) in [7, 11) is 0. The molecule has 8 nitrogen and oxygen atoms in total. The Morgan fingerprint density at radius 1 is 1.03 bits per heavy atom. The summed E-state index contributed by atoms with van der Waals surface area (Å²) in [6.07, 6.45) is 1.56. The molecule has 1 aliphatic rings. The Balaban J connectivity index is 1.62. The predicted octanol–water partition coefficient (Wildman–Crippen LogP) is 2.78. The molecule has 0 fully saturated rings. The molecule has 0 radical (unpaired) electrons. The highest BCUT2D eigenvalue weighted by Gasteiger charge is 2.22. The number of nitrogens with zero attached hydrogens (tertiary/aromatic N) is 2. The van der Waals surface area contributed by atoms with E-state index in [-0.39, 0.29) is 5.91 Å². The van der Waals surface area contributed by atoms with Crippen molar-refractivity contribution in [3.05, 3.63) is 35.4 Å². The smallest absolute Gasteiger partial charge is 0.407 e. The van der Waals surface area contributed by atoms with Crippen LogP contribution in [0.4, 0.5) is 4.79 Å². The zero-order chi connectivity index (χ0) is 22.7. The minimum Gasteiger partial charge on any atom is -0.444 e. The first-order chi connectivity index (χ1) is 14.8. The van der Waals surface area contributed by atoms with Crippen LogP contribution in [0.15, 0.2) is 29.3 Å². The molecule has 0 unspecified atom stereocenters. The van der Waals surface area contributed by atoms with E-state index < -0.39 is 11.7 Å². The number of ether oxygens (including phenoxy) is 1. The van der Waals surface area contributed by atoms with Crippen LogP contribution in [0.1, 0.15) is 58.1 Å². The largest absolute Gasteiger partial charge is 0.444 e. The van der Waals surface area contributed by atoms with E-state index in [1.165, 1.54) is 11.1 Å². The molecular weight excluding hydrogens is 394 g/mol. The lowest BCUT2D eigenvalue weighted by Crippen LogP contribution is -2.38. The zero-order valence-electron chi connectivity index (χ0n) is 19.3. The molecule has 1 heterocycles. The van der Waals surface area contributed by atoms with Gasteiger partial charge < -0.3 is 25.6 Å². The maximum absolute atomic E-state index is 12.5. The van der Waals surface area contributed by atoms with Crippen LogP contribution in [0.25, 0.3) is 0 Å². The highest BCUT2D eigenvalue weighted by molar-refractivity contribution is 5.80. The third-order valence-electron chi connectivity index (χ3n) is 4.67. The van der Waals surface area contributed by atoms with Crippen LogP contribution in [0.5, 0.6) is 0 Å². The average Bonchev–Trinajstić information content (AvgIpc) is 3.13. The van der Waals surface area contributed by atoms with Crippen LogP contribution in [0.2, 0.25) is 0 Å². The van der Waals surface area contributed by atoms with Crippen molar-refractivity contribution < 1.29 is 14.3 Å². The first-order valence-electron chi connectivity index (χ1n) is 11.1. The van der Waals surface area contributed by atoms with Crippen molar-refractivity contribution in [3.8, 4) is 0 Å². The van der Waals surface area contributed by atoms with Crippen LogP contribution >= 0.6 is 0 Å². The minimum absolute atomic E-state index is 0.188. The number of nitrogens with one attached hydrogen (secondary N) is 3. The summed E-state index contributed by atoms with van der Waals surface area (Å²) in [6.45, 7) is 11.5. The van der Waals surface area contributed by atoms with E-state index in [0.29, 0.717) is 45.6 Å². The van der Waals surface area contributed by atoms with Gasteiger partial charge in [-0.05, 0) is 51.7 Å². The Kier molecular flexibility index (Phi) is 9.62. The number of benzene rings is 1. The molecular formula is C23H37N5O3. The van der Waals surface area contributed by atoms with Gasteiger partial charge in [-0.25, -0.2) is 4.79 Å². The SMILES string of the molecule is CCNC(=NCCCNC(=O)OC(C)(C)C)NCCCC(=O)N1Cc2ccccc2C1. The number of hydrogen-bond acceptors (Lipinski definition) is 4. The van der Waals surface area contributed by atoms with E-state index in [1.807, 2.05) is 44.7 Å². The quantitative estimate of drug-likeness (QED) is 0.317. The number of fused-ring (bicyclic) bond motifs is 1. The summed E-state index contributed by atoms with van der Waals surface area (Å²) in [5, 5.41) is 9.20. The molecule has 0 aliphatic carbocycles. The zero-order valence-corrected chi connectivity index (χ0v) is 19.3. The average molecular weight is 432 g/mol. The lowest BCUT2D eigenvalue weighted by atomic mass is 10.1. The van der Waals surface area contributed by atoms with Crippen molar-refractivity contribution in [1.29, 1.82) is 0 Å². The van der Waals surface area contributed by atoms with Gasteiger partial charge >= 0.3 is 6.09 Å². The van der Waals surface area contributed by atoms with Crippen LogP contribution in [0, 0.1) is 0 Å². The van der Waals surface area contributed by atoms with Gasteiger partial charge in [-0.1, -0.05) is 24.3 Å². The standard InChI is InChI=1S/C23H37N5O3/c1-5-24-21(26-14-9-15-27-22(30)31-23(2,3)4)25-13-8-12-20(29)28-16-18-10-6-7-11-19(18)17-28/h6-7,10-11H,5,8-9,12-17H2,1-4H3,(H,27,30)(H2,24,25,26). The number of guanidine groups is 1. The van der Waals surface area contributed by atoms with E-state index in [2.05, 4.69) is 33.1 Å². The molecule has 0 aromatic heterocycles. The molecule has 1 aliphatic heterocycles. The van der Waals surface area contributed by atoms with E-state index in [0.717, 1.165) is 18.9 Å².